The lowest BCUT2D eigenvalue weighted by molar-refractivity contribution is 0.0636. The molecule has 1 aromatic carbocycles. The van der Waals surface area contributed by atoms with Gasteiger partial charge in [0, 0.05) is 61.7 Å². The van der Waals surface area contributed by atoms with Crippen molar-refractivity contribution in [2.45, 2.75) is 6.92 Å². The molecule has 1 aliphatic rings. The number of benzene rings is 1. The summed E-state index contributed by atoms with van der Waals surface area (Å²) in [5.41, 5.74) is 7.57. The number of aromatic nitrogens is 4. The van der Waals surface area contributed by atoms with Crippen molar-refractivity contribution in [3.8, 4) is 0 Å². The van der Waals surface area contributed by atoms with Gasteiger partial charge in [0.25, 0.3) is 5.91 Å². The monoisotopic (exact) mass is 455 g/mol. The summed E-state index contributed by atoms with van der Waals surface area (Å²) in [6.45, 7) is 6.16. The Morgan fingerprint density at radius 2 is 1.91 bits per heavy atom. The Hall–Kier alpha value is -3.21. The average molecular weight is 456 g/mol. The van der Waals surface area contributed by atoms with E-state index in [1.54, 1.807) is 17.0 Å². The van der Waals surface area contributed by atoms with Crippen LogP contribution in [0.4, 0.5) is 23.1 Å². The van der Waals surface area contributed by atoms with Crippen molar-refractivity contribution in [2.75, 3.05) is 49.9 Å². The number of hydrogen-bond donors (Lipinski definition) is 4. The number of nitrogens with one attached hydrogen (secondary N) is 3. The van der Waals surface area contributed by atoms with E-state index in [1.807, 2.05) is 25.1 Å². The van der Waals surface area contributed by atoms with E-state index in [2.05, 4.69) is 35.7 Å². The number of hydrogen-bond acceptors (Lipinski definition) is 8. The minimum Gasteiger partial charge on any atom is -0.338 e. The van der Waals surface area contributed by atoms with Gasteiger partial charge in [0.15, 0.2) is 23.1 Å². The topological polar surface area (TPSA) is 128 Å². The van der Waals surface area contributed by atoms with Crippen LogP contribution in [0.25, 0.3) is 0 Å². The highest BCUT2D eigenvalue weighted by atomic mass is 35.5. The van der Waals surface area contributed by atoms with Crippen molar-refractivity contribution >= 4 is 40.6 Å². The molecule has 0 aliphatic carbocycles. The van der Waals surface area contributed by atoms with Crippen molar-refractivity contribution in [1.82, 2.24) is 30.0 Å². The standard InChI is InChI=1S/C21H26ClN9O/c1-14-12-17(29-28-14)26-18-13-24-19(20(27-18)25-16-4-2-15(22)3-5-16)21(32)31-10-8-30(7-6-23)9-11-31/h2-5,12-13H,6-11,23H2,1H3,(H3,25,26,27,28,29). The number of H-pyrrole nitrogens is 1. The van der Waals surface area contributed by atoms with E-state index < -0.39 is 0 Å². The second-order valence-electron chi connectivity index (χ2n) is 7.57. The molecular weight excluding hydrogens is 430 g/mol. The summed E-state index contributed by atoms with van der Waals surface area (Å²) < 4.78 is 0. The van der Waals surface area contributed by atoms with Gasteiger partial charge in [-0.2, -0.15) is 5.10 Å². The van der Waals surface area contributed by atoms with Crippen LogP contribution in [0, 0.1) is 6.92 Å². The van der Waals surface area contributed by atoms with Gasteiger partial charge in [0.1, 0.15) is 0 Å². The Morgan fingerprint density at radius 3 is 2.56 bits per heavy atom. The van der Waals surface area contributed by atoms with Crippen molar-refractivity contribution in [2.24, 2.45) is 5.73 Å². The second kappa shape index (κ2) is 9.94. The highest BCUT2D eigenvalue weighted by molar-refractivity contribution is 6.30. The van der Waals surface area contributed by atoms with E-state index in [0.717, 1.165) is 31.0 Å². The van der Waals surface area contributed by atoms with Crippen LogP contribution in [0.2, 0.25) is 5.02 Å². The van der Waals surface area contributed by atoms with Gasteiger partial charge in [0.05, 0.1) is 6.20 Å². The van der Waals surface area contributed by atoms with Gasteiger partial charge < -0.3 is 21.3 Å². The zero-order valence-corrected chi connectivity index (χ0v) is 18.6. The van der Waals surface area contributed by atoms with Crippen molar-refractivity contribution < 1.29 is 4.79 Å². The number of nitrogens with zero attached hydrogens (tertiary/aromatic N) is 5. The molecule has 11 heteroatoms. The number of rotatable bonds is 7. The fourth-order valence-corrected chi connectivity index (χ4v) is 3.61. The fourth-order valence-electron chi connectivity index (χ4n) is 3.48. The van der Waals surface area contributed by atoms with Crippen LogP contribution < -0.4 is 16.4 Å². The molecule has 10 nitrogen and oxygen atoms in total. The molecule has 5 N–H and O–H groups in total. The fraction of sp³-hybridized carbons (Fsp3) is 0.333. The predicted octanol–water partition coefficient (Wildman–Crippen LogP) is 2.37. The summed E-state index contributed by atoms with van der Waals surface area (Å²) in [5.74, 6) is 1.28. The van der Waals surface area contributed by atoms with Gasteiger partial charge in [-0.25, -0.2) is 9.97 Å². The van der Waals surface area contributed by atoms with E-state index in [-0.39, 0.29) is 11.6 Å². The maximum Gasteiger partial charge on any atom is 0.276 e. The number of anilines is 4. The van der Waals surface area contributed by atoms with Gasteiger partial charge in [0.2, 0.25) is 0 Å². The first-order chi connectivity index (χ1) is 15.5. The number of aromatic amines is 1. The number of halogens is 1. The van der Waals surface area contributed by atoms with Crippen LogP contribution in [-0.2, 0) is 0 Å². The molecule has 0 atom stereocenters. The molecule has 0 saturated carbocycles. The first kappa shape index (κ1) is 22.0. The van der Waals surface area contributed by atoms with E-state index in [4.69, 9.17) is 17.3 Å². The number of amides is 1. The van der Waals surface area contributed by atoms with Gasteiger partial charge in [-0.05, 0) is 31.2 Å². The smallest absolute Gasteiger partial charge is 0.276 e. The zero-order chi connectivity index (χ0) is 22.5. The summed E-state index contributed by atoms with van der Waals surface area (Å²) in [6.07, 6.45) is 1.54. The molecule has 168 valence electrons. The lowest BCUT2D eigenvalue weighted by Crippen LogP contribution is -2.50. The quantitative estimate of drug-likeness (QED) is 0.427. The number of carbonyl (C=O) groups is 1. The maximum atomic E-state index is 13.3. The van der Waals surface area contributed by atoms with Crippen LogP contribution in [-0.4, -0.2) is 75.1 Å². The molecule has 0 bridgehead atoms. The van der Waals surface area contributed by atoms with Gasteiger partial charge >= 0.3 is 0 Å². The number of aryl methyl sites for hydroxylation is 1. The molecular formula is C21H26ClN9O. The van der Waals surface area contributed by atoms with E-state index >= 15 is 0 Å². The minimum atomic E-state index is -0.163. The number of nitrogens with two attached hydrogens (primary N) is 1. The summed E-state index contributed by atoms with van der Waals surface area (Å²) in [5, 5.41) is 14.0. The Kier molecular flexibility index (Phi) is 6.84. The summed E-state index contributed by atoms with van der Waals surface area (Å²) >= 11 is 6.00. The summed E-state index contributed by atoms with van der Waals surface area (Å²) in [7, 11) is 0. The predicted molar refractivity (Wildman–Crippen MR) is 125 cm³/mol. The number of piperazine rings is 1. The highest BCUT2D eigenvalue weighted by Crippen LogP contribution is 2.24. The van der Waals surface area contributed by atoms with Crippen LogP contribution >= 0.6 is 11.6 Å². The Bertz CT molecular complexity index is 1060. The van der Waals surface area contributed by atoms with Crippen molar-refractivity contribution in [3.05, 3.63) is 52.9 Å². The Morgan fingerprint density at radius 1 is 1.16 bits per heavy atom. The summed E-state index contributed by atoms with van der Waals surface area (Å²) in [4.78, 5) is 26.4. The minimum absolute atomic E-state index is 0.163. The third kappa shape index (κ3) is 5.34. The third-order valence-corrected chi connectivity index (χ3v) is 5.40. The van der Waals surface area contributed by atoms with Crippen molar-refractivity contribution in [1.29, 1.82) is 0 Å². The molecule has 4 rings (SSSR count). The molecule has 3 aromatic rings. The molecule has 1 saturated heterocycles. The van der Waals surface area contributed by atoms with E-state index in [9.17, 15) is 4.79 Å². The third-order valence-electron chi connectivity index (χ3n) is 5.15. The highest BCUT2D eigenvalue weighted by Gasteiger charge is 2.26. The molecule has 2 aromatic heterocycles. The van der Waals surface area contributed by atoms with Gasteiger partial charge in [-0.15, -0.1) is 0 Å². The SMILES string of the molecule is Cc1cc(Nc2cnc(C(=O)N3CCN(CCN)CC3)c(Nc3ccc(Cl)cc3)n2)n[nH]1. The van der Waals surface area contributed by atoms with Gasteiger partial charge in [-0.3, -0.25) is 14.8 Å². The molecule has 1 fully saturated rings. The lowest BCUT2D eigenvalue weighted by Gasteiger charge is -2.34. The largest absolute Gasteiger partial charge is 0.338 e. The molecule has 0 spiro atoms. The molecule has 0 radical (unpaired) electrons. The first-order valence-electron chi connectivity index (χ1n) is 10.4. The zero-order valence-electron chi connectivity index (χ0n) is 17.8. The summed E-state index contributed by atoms with van der Waals surface area (Å²) in [6, 6.07) is 9.03. The molecule has 1 aliphatic heterocycles. The molecule has 1 amide bonds. The van der Waals surface area contributed by atoms with E-state index in [1.165, 1.54) is 6.20 Å². The maximum absolute atomic E-state index is 13.3. The second-order valence-corrected chi connectivity index (χ2v) is 8.00. The first-order valence-corrected chi connectivity index (χ1v) is 10.8. The van der Waals surface area contributed by atoms with E-state index in [0.29, 0.717) is 42.1 Å². The lowest BCUT2D eigenvalue weighted by atomic mass is 10.2. The van der Waals surface area contributed by atoms with Gasteiger partial charge in [-0.1, -0.05) is 11.6 Å². The molecule has 32 heavy (non-hydrogen) atoms. The number of carbonyl (C=O) groups excluding carboxylic acids is 1. The van der Waals surface area contributed by atoms with Crippen LogP contribution in [0.5, 0.6) is 0 Å². The molecule has 3 heterocycles. The van der Waals surface area contributed by atoms with Crippen LogP contribution in [0.1, 0.15) is 16.2 Å². The normalized spacial score (nSPS) is 14.4. The average Bonchev–Trinajstić information content (AvgIpc) is 3.20. The van der Waals surface area contributed by atoms with Crippen molar-refractivity contribution in [3.63, 3.8) is 0 Å². The van der Waals surface area contributed by atoms with Crippen LogP contribution in [0.3, 0.4) is 0 Å². The Balaban J connectivity index is 1.58. The van der Waals surface area contributed by atoms with Crippen LogP contribution in [0.15, 0.2) is 36.5 Å². The molecule has 0 unspecified atom stereocenters. The Labute approximate surface area is 191 Å².